The summed E-state index contributed by atoms with van der Waals surface area (Å²) < 4.78 is 39.5. The predicted octanol–water partition coefficient (Wildman–Crippen LogP) is 4.01. The quantitative estimate of drug-likeness (QED) is 0.832. The van der Waals surface area contributed by atoms with E-state index in [0.717, 1.165) is 17.0 Å². The third-order valence-electron chi connectivity index (χ3n) is 2.61. The van der Waals surface area contributed by atoms with Gasteiger partial charge in [0, 0.05) is 18.5 Å². The van der Waals surface area contributed by atoms with Gasteiger partial charge in [0.25, 0.3) is 0 Å². The van der Waals surface area contributed by atoms with Crippen LogP contribution in [0.4, 0.5) is 4.39 Å². The van der Waals surface area contributed by atoms with E-state index in [-0.39, 0.29) is 16.5 Å². The van der Waals surface area contributed by atoms with E-state index < -0.39 is 15.8 Å². The van der Waals surface area contributed by atoms with E-state index in [1.807, 2.05) is 0 Å². The monoisotopic (exact) mass is 353 g/mol. The lowest BCUT2D eigenvalue weighted by Gasteiger charge is -2.16. The van der Waals surface area contributed by atoms with Gasteiger partial charge in [0.05, 0.1) is 14.3 Å². The van der Waals surface area contributed by atoms with Gasteiger partial charge in [-0.15, -0.1) is 11.3 Å². The van der Waals surface area contributed by atoms with Gasteiger partial charge in [-0.05, 0) is 30.3 Å². The lowest BCUT2D eigenvalue weighted by atomic mass is 10.3. The fraction of sp³-hybridized carbons (Fsp3) is 0.167. The van der Waals surface area contributed by atoms with Crippen LogP contribution in [-0.4, -0.2) is 19.8 Å². The molecule has 0 spiro atoms. The van der Waals surface area contributed by atoms with E-state index in [0.29, 0.717) is 4.34 Å². The number of rotatable bonds is 4. The highest BCUT2D eigenvalue weighted by Crippen LogP contribution is 2.26. The number of nitrogens with zero attached hydrogens (tertiary/aromatic N) is 1. The average Bonchev–Trinajstić information content (AvgIpc) is 2.78. The van der Waals surface area contributed by atoms with Crippen molar-refractivity contribution in [2.24, 2.45) is 0 Å². The smallest absolute Gasteiger partial charge is 0.207 e. The zero-order chi connectivity index (χ0) is 14.9. The highest BCUT2D eigenvalue weighted by atomic mass is 35.5. The van der Waals surface area contributed by atoms with E-state index in [2.05, 4.69) is 0 Å². The van der Waals surface area contributed by atoms with Crippen LogP contribution in [0.15, 0.2) is 35.2 Å². The number of thiophene rings is 1. The van der Waals surface area contributed by atoms with Crippen molar-refractivity contribution < 1.29 is 12.8 Å². The van der Waals surface area contributed by atoms with Crippen LogP contribution < -0.4 is 0 Å². The Hall–Kier alpha value is -0.660. The van der Waals surface area contributed by atoms with Crippen molar-refractivity contribution in [2.75, 3.05) is 7.05 Å². The molecule has 0 atom stereocenters. The minimum atomic E-state index is -3.72. The molecular formula is C12H10Cl2FNO2S2. The molecule has 0 saturated heterocycles. The standard InChI is InChI=1S/C12H10Cl2FNO2S2/c1-16(7-8-2-5-12(14)19-8)20(17,18)9-3-4-11(15)10(13)6-9/h2-6H,7H2,1H3. The molecule has 1 aromatic carbocycles. The lowest BCUT2D eigenvalue weighted by Crippen LogP contribution is -2.26. The molecule has 20 heavy (non-hydrogen) atoms. The number of benzene rings is 1. The second-order valence-electron chi connectivity index (χ2n) is 4.04. The molecule has 1 heterocycles. The van der Waals surface area contributed by atoms with Crippen LogP contribution in [0.25, 0.3) is 0 Å². The summed E-state index contributed by atoms with van der Waals surface area (Å²) in [5, 5.41) is -0.223. The Balaban J connectivity index is 2.27. The second-order valence-corrected chi connectivity index (χ2v) is 8.29. The van der Waals surface area contributed by atoms with Crippen LogP contribution in [0.3, 0.4) is 0 Å². The normalized spacial score (nSPS) is 12.1. The van der Waals surface area contributed by atoms with E-state index in [9.17, 15) is 12.8 Å². The summed E-state index contributed by atoms with van der Waals surface area (Å²) in [7, 11) is -2.28. The molecule has 108 valence electrons. The molecule has 3 nitrogen and oxygen atoms in total. The van der Waals surface area contributed by atoms with E-state index in [4.69, 9.17) is 23.2 Å². The molecule has 8 heteroatoms. The second kappa shape index (κ2) is 5.99. The maximum absolute atomic E-state index is 13.1. The van der Waals surface area contributed by atoms with Gasteiger partial charge in [0.2, 0.25) is 10.0 Å². The Morgan fingerprint density at radius 2 is 1.95 bits per heavy atom. The van der Waals surface area contributed by atoms with Gasteiger partial charge in [-0.2, -0.15) is 4.31 Å². The van der Waals surface area contributed by atoms with Crippen molar-refractivity contribution >= 4 is 44.6 Å². The Kier molecular flexibility index (Phi) is 4.71. The maximum atomic E-state index is 13.1. The first-order chi connectivity index (χ1) is 9.30. The third kappa shape index (κ3) is 3.32. The maximum Gasteiger partial charge on any atom is 0.243 e. The summed E-state index contributed by atoms with van der Waals surface area (Å²) in [4.78, 5) is 0.767. The summed E-state index contributed by atoms with van der Waals surface area (Å²) in [6, 6.07) is 6.79. The van der Waals surface area contributed by atoms with Crippen molar-refractivity contribution in [3.8, 4) is 0 Å². The average molecular weight is 354 g/mol. The first kappa shape index (κ1) is 15.7. The molecule has 0 unspecified atom stereocenters. The Bertz CT molecular complexity index is 731. The molecule has 0 aliphatic carbocycles. The van der Waals surface area contributed by atoms with Crippen molar-refractivity contribution in [3.05, 3.63) is 50.4 Å². The summed E-state index contributed by atoms with van der Waals surface area (Å²) in [5.41, 5.74) is 0. The van der Waals surface area contributed by atoms with Crippen LogP contribution in [0.2, 0.25) is 9.36 Å². The van der Waals surface area contributed by atoms with Crippen LogP contribution in [0, 0.1) is 5.82 Å². The Morgan fingerprint density at radius 1 is 1.25 bits per heavy atom. The molecule has 0 aliphatic rings. The number of hydrogen-bond acceptors (Lipinski definition) is 3. The molecule has 0 saturated carbocycles. The minimum Gasteiger partial charge on any atom is -0.207 e. The van der Waals surface area contributed by atoms with E-state index >= 15 is 0 Å². The zero-order valence-electron chi connectivity index (χ0n) is 10.3. The Labute approximate surface area is 130 Å². The summed E-state index contributed by atoms with van der Waals surface area (Å²) in [6.07, 6.45) is 0. The highest BCUT2D eigenvalue weighted by molar-refractivity contribution is 7.89. The SMILES string of the molecule is CN(Cc1ccc(Cl)s1)S(=O)(=O)c1ccc(F)c(Cl)c1. The van der Waals surface area contributed by atoms with Gasteiger partial charge >= 0.3 is 0 Å². The third-order valence-corrected chi connectivity index (χ3v) is 5.91. The molecule has 0 bridgehead atoms. The molecule has 0 fully saturated rings. The topological polar surface area (TPSA) is 37.4 Å². The molecule has 2 rings (SSSR count). The molecule has 0 aliphatic heterocycles. The van der Waals surface area contributed by atoms with Crippen LogP contribution in [0.1, 0.15) is 4.88 Å². The summed E-state index contributed by atoms with van der Waals surface area (Å²) in [5.74, 6) is -0.654. The van der Waals surface area contributed by atoms with Crippen molar-refractivity contribution in [1.82, 2.24) is 4.31 Å². The molecule has 1 aromatic heterocycles. The molecule has 0 N–H and O–H groups in total. The van der Waals surface area contributed by atoms with Gasteiger partial charge in [0.1, 0.15) is 5.82 Å². The van der Waals surface area contributed by atoms with E-state index in [1.165, 1.54) is 28.8 Å². The van der Waals surface area contributed by atoms with Gasteiger partial charge in [0.15, 0.2) is 0 Å². The fourth-order valence-electron chi connectivity index (χ4n) is 1.56. The molecule has 2 aromatic rings. The van der Waals surface area contributed by atoms with Gasteiger partial charge < -0.3 is 0 Å². The Morgan fingerprint density at radius 3 is 2.50 bits per heavy atom. The summed E-state index contributed by atoms with van der Waals surface area (Å²) in [6.45, 7) is 0.189. The van der Waals surface area contributed by atoms with Crippen LogP contribution in [-0.2, 0) is 16.6 Å². The van der Waals surface area contributed by atoms with Crippen molar-refractivity contribution in [1.29, 1.82) is 0 Å². The molecular weight excluding hydrogens is 344 g/mol. The number of halogens is 3. The first-order valence-electron chi connectivity index (χ1n) is 5.46. The summed E-state index contributed by atoms with van der Waals surface area (Å²) >= 11 is 12.7. The molecule has 0 radical (unpaired) electrons. The zero-order valence-corrected chi connectivity index (χ0v) is 13.5. The number of hydrogen-bond donors (Lipinski definition) is 0. The van der Waals surface area contributed by atoms with Gasteiger partial charge in [-0.3, -0.25) is 0 Å². The van der Waals surface area contributed by atoms with Crippen molar-refractivity contribution in [2.45, 2.75) is 11.4 Å². The first-order valence-corrected chi connectivity index (χ1v) is 8.47. The lowest BCUT2D eigenvalue weighted by molar-refractivity contribution is 0.469. The largest absolute Gasteiger partial charge is 0.243 e. The van der Waals surface area contributed by atoms with Crippen LogP contribution in [0.5, 0.6) is 0 Å². The van der Waals surface area contributed by atoms with E-state index in [1.54, 1.807) is 12.1 Å². The van der Waals surface area contributed by atoms with Gasteiger partial charge in [-0.1, -0.05) is 23.2 Å². The molecule has 0 amide bonds. The number of sulfonamides is 1. The van der Waals surface area contributed by atoms with Crippen LogP contribution >= 0.6 is 34.5 Å². The minimum absolute atomic E-state index is 0.0472. The highest BCUT2D eigenvalue weighted by Gasteiger charge is 2.22. The predicted molar refractivity (Wildman–Crippen MR) is 79.4 cm³/mol. The fourth-order valence-corrected chi connectivity index (χ4v) is 4.20. The van der Waals surface area contributed by atoms with Gasteiger partial charge in [-0.25, -0.2) is 12.8 Å². The van der Waals surface area contributed by atoms with Crippen molar-refractivity contribution in [3.63, 3.8) is 0 Å².